The molecular formula is C17H19N3O. The van der Waals surface area contributed by atoms with Gasteiger partial charge in [-0.15, -0.1) is 0 Å². The van der Waals surface area contributed by atoms with Crippen molar-refractivity contribution in [3.63, 3.8) is 0 Å². The number of hydrogen-bond donors (Lipinski definition) is 2. The third-order valence-corrected chi connectivity index (χ3v) is 4.03. The molecule has 0 saturated carbocycles. The van der Waals surface area contributed by atoms with Gasteiger partial charge in [-0.3, -0.25) is 4.79 Å². The zero-order chi connectivity index (χ0) is 15.0. The molecule has 2 aromatic rings. The van der Waals surface area contributed by atoms with Gasteiger partial charge in [0.15, 0.2) is 0 Å². The highest BCUT2D eigenvalue weighted by Gasteiger charge is 2.27. The van der Waals surface area contributed by atoms with Crippen molar-refractivity contribution in [2.45, 2.75) is 19.4 Å². The molecule has 2 aromatic carbocycles. The Hall–Kier alpha value is -2.33. The number of fused-ring (bicyclic) bond motifs is 1. The van der Waals surface area contributed by atoms with Crippen molar-refractivity contribution < 1.29 is 4.79 Å². The van der Waals surface area contributed by atoms with E-state index in [1.54, 1.807) is 0 Å². The molecule has 4 nitrogen and oxygen atoms in total. The standard InChI is InChI=1S/C17H19N3O/c1-3-11-4-6-12(7-5-11)20(2)13-8-9-14-15(10-13)19-17(21)16(14)18/h4-10,16H,3,18H2,1-2H3,(H,19,21). The Balaban J connectivity index is 1.90. The van der Waals surface area contributed by atoms with Crippen molar-refractivity contribution in [2.24, 2.45) is 5.73 Å². The zero-order valence-electron chi connectivity index (χ0n) is 12.3. The average molecular weight is 281 g/mol. The lowest BCUT2D eigenvalue weighted by Crippen LogP contribution is -2.19. The Kier molecular flexibility index (Phi) is 3.39. The number of hydrogen-bond acceptors (Lipinski definition) is 3. The molecule has 21 heavy (non-hydrogen) atoms. The number of anilines is 3. The van der Waals surface area contributed by atoms with Crippen LogP contribution in [0.2, 0.25) is 0 Å². The minimum absolute atomic E-state index is 0.142. The smallest absolute Gasteiger partial charge is 0.245 e. The van der Waals surface area contributed by atoms with Crippen LogP contribution in [0.25, 0.3) is 0 Å². The molecule has 1 heterocycles. The predicted molar refractivity (Wildman–Crippen MR) is 85.9 cm³/mol. The maximum Gasteiger partial charge on any atom is 0.245 e. The Labute approximate surface area is 124 Å². The van der Waals surface area contributed by atoms with Crippen LogP contribution in [0, 0.1) is 0 Å². The Bertz CT molecular complexity index is 679. The molecule has 0 bridgehead atoms. The van der Waals surface area contributed by atoms with Crippen molar-refractivity contribution in [3.8, 4) is 0 Å². The number of nitrogens with zero attached hydrogens (tertiary/aromatic N) is 1. The van der Waals surface area contributed by atoms with E-state index in [-0.39, 0.29) is 5.91 Å². The first-order chi connectivity index (χ1) is 10.1. The highest BCUT2D eigenvalue weighted by atomic mass is 16.2. The first-order valence-corrected chi connectivity index (χ1v) is 7.13. The van der Waals surface area contributed by atoms with E-state index in [1.807, 2.05) is 25.2 Å². The molecule has 0 aromatic heterocycles. The number of rotatable bonds is 3. The number of nitrogens with two attached hydrogens (primary N) is 1. The summed E-state index contributed by atoms with van der Waals surface area (Å²) in [6.45, 7) is 2.14. The van der Waals surface area contributed by atoms with E-state index in [0.717, 1.165) is 29.0 Å². The van der Waals surface area contributed by atoms with Crippen molar-refractivity contribution >= 4 is 23.0 Å². The van der Waals surface area contributed by atoms with Gasteiger partial charge in [-0.2, -0.15) is 0 Å². The number of nitrogens with one attached hydrogen (secondary N) is 1. The highest BCUT2D eigenvalue weighted by Crippen LogP contribution is 2.34. The van der Waals surface area contributed by atoms with Gasteiger partial charge >= 0.3 is 0 Å². The molecule has 3 rings (SSSR count). The Morgan fingerprint density at radius 1 is 1.14 bits per heavy atom. The Morgan fingerprint density at radius 2 is 1.81 bits per heavy atom. The molecule has 0 aliphatic carbocycles. The summed E-state index contributed by atoms with van der Waals surface area (Å²) in [6.07, 6.45) is 1.03. The lowest BCUT2D eigenvalue weighted by Gasteiger charge is -2.20. The van der Waals surface area contributed by atoms with Crippen LogP contribution in [-0.4, -0.2) is 13.0 Å². The van der Waals surface area contributed by atoms with E-state index in [0.29, 0.717) is 0 Å². The minimum atomic E-state index is -0.553. The molecule has 108 valence electrons. The van der Waals surface area contributed by atoms with Gasteiger partial charge in [0.05, 0.1) is 0 Å². The predicted octanol–water partition coefficient (Wildman–Crippen LogP) is 2.97. The first kappa shape index (κ1) is 13.6. The van der Waals surface area contributed by atoms with Gasteiger partial charge in [-0.1, -0.05) is 25.1 Å². The SMILES string of the molecule is CCc1ccc(N(C)c2ccc3c(c2)NC(=O)C3N)cc1. The van der Waals surface area contributed by atoms with Crippen molar-refractivity contribution in [3.05, 3.63) is 53.6 Å². The molecule has 1 unspecified atom stereocenters. The summed E-state index contributed by atoms with van der Waals surface area (Å²) in [4.78, 5) is 13.7. The molecule has 4 heteroatoms. The van der Waals surface area contributed by atoms with E-state index in [1.165, 1.54) is 5.56 Å². The van der Waals surface area contributed by atoms with Gasteiger partial charge in [-0.25, -0.2) is 0 Å². The van der Waals surface area contributed by atoms with Crippen LogP contribution >= 0.6 is 0 Å². The summed E-state index contributed by atoms with van der Waals surface area (Å²) in [5, 5.41) is 2.82. The topological polar surface area (TPSA) is 58.4 Å². The fourth-order valence-electron chi connectivity index (χ4n) is 2.59. The van der Waals surface area contributed by atoms with Crippen LogP contribution in [-0.2, 0) is 11.2 Å². The van der Waals surface area contributed by atoms with Gasteiger partial charge < -0.3 is 16.0 Å². The summed E-state index contributed by atoms with van der Waals surface area (Å²) < 4.78 is 0. The second-order valence-corrected chi connectivity index (χ2v) is 5.32. The highest BCUT2D eigenvalue weighted by molar-refractivity contribution is 6.03. The molecule has 3 N–H and O–H groups in total. The van der Waals surface area contributed by atoms with Gasteiger partial charge in [0.2, 0.25) is 5.91 Å². The minimum Gasteiger partial charge on any atom is -0.345 e. The molecule has 0 radical (unpaired) electrons. The normalized spacial score (nSPS) is 16.5. The van der Waals surface area contributed by atoms with Gasteiger partial charge in [0.25, 0.3) is 0 Å². The number of aryl methyl sites for hydroxylation is 1. The number of amides is 1. The number of carbonyl (C=O) groups excluding carboxylic acids is 1. The second kappa shape index (κ2) is 5.22. The fourth-order valence-corrected chi connectivity index (χ4v) is 2.59. The van der Waals surface area contributed by atoms with E-state index >= 15 is 0 Å². The first-order valence-electron chi connectivity index (χ1n) is 7.13. The van der Waals surface area contributed by atoms with Gasteiger partial charge in [0, 0.05) is 29.7 Å². The summed E-state index contributed by atoms with van der Waals surface area (Å²) in [7, 11) is 2.01. The van der Waals surface area contributed by atoms with Crippen molar-refractivity contribution in [1.29, 1.82) is 0 Å². The molecule has 1 atom stereocenters. The molecule has 1 aliphatic rings. The van der Waals surface area contributed by atoms with Crippen molar-refractivity contribution in [1.82, 2.24) is 0 Å². The third-order valence-electron chi connectivity index (χ3n) is 4.03. The van der Waals surface area contributed by atoms with Crippen LogP contribution in [0.15, 0.2) is 42.5 Å². The number of benzene rings is 2. The van der Waals surface area contributed by atoms with E-state index in [2.05, 4.69) is 41.4 Å². The fraction of sp³-hybridized carbons (Fsp3) is 0.235. The largest absolute Gasteiger partial charge is 0.345 e. The Morgan fingerprint density at radius 3 is 2.48 bits per heavy atom. The quantitative estimate of drug-likeness (QED) is 0.909. The zero-order valence-corrected chi connectivity index (χ0v) is 12.3. The van der Waals surface area contributed by atoms with E-state index in [9.17, 15) is 4.79 Å². The van der Waals surface area contributed by atoms with Crippen LogP contribution < -0.4 is 16.0 Å². The monoisotopic (exact) mass is 281 g/mol. The lowest BCUT2D eigenvalue weighted by atomic mass is 10.1. The second-order valence-electron chi connectivity index (χ2n) is 5.32. The maximum absolute atomic E-state index is 11.6. The van der Waals surface area contributed by atoms with Crippen LogP contribution in [0.5, 0.6) is 0 Å². The summed E-state index contributed by atoms with van der Waals surface area (Å²) in [5.74, 6) is -0.142. The molecular weight excluding hydrogens is 262 g/mol. The summed E-state index contributed by atoms with van der Waals surface area (Å²) in [6, 6.07) is 13.8. The van der Waals surface area contributed by atoms with Crippen LogP contribution in [0.4, 0.5) is 17.1 Å². The van der Waals surface area contributed by atoms with E-state index in [4.69, 9.17) is 5.73 Å². The summed E-state index contributed by atoms with van der Waals surface area (Å²) in [5.41, 5.74) is 11.0. The van der Waals surface area contributed by atoms with Crippen LogP contribution in [0.1, 0.15) is 24.1 Å². The molecule has 1 aliphatic heterocycles. The average Bonchev–Trinajstić information content (AvgIpc) is 2.81. The lowest BCUT2D eigenvalue weighted by molar-refractivity contribution is -0.116. The van der Waals surface area contributed by atoms with Crippen LogP contribution in [0.3, 0.4) is 0 Å². The van der Waals surface area contributed by atoms with Gasteiger partial charge in [-0.05, 0) is 36.2 Å². The third kappa shape index (κ3) is 2.38. The van der Waals surface area contributed by atoms with Crippen molar-refractivity contribution in [2.75, 3.05) is 17.3 Å². The number of carbonyl (C=O) groups is 1. The molecule has 0 spiro atoms. The van der Waals surface area contributed by atoms with Gasteiger partial charge in [0.1, 0.15) is 6.04 Å². The maximum atomic E-state index is 11.6. The summed E-state index contributed by atoms with van der Waals surface area (Å²) >= 11 is 0. The van der Waals surface area contributed by atoms with E-state index < -0.39 is 6.04 Å². The molecule has 1 amide bonds. The molecule has 0 fully saturated rings. The molecule has 0 saturated heterocycles.